The van der Waals surface area contributed by atoms with Crippen LogP contribution >= 0.6 is 0 Å². The normalized spacial score (nSPS) is 10.7. The number of nitrogens with zero attached hydrogens (tertiary/aromatic N) is 1. The second-order valence-electron chi connectivity index (χ2n) is 7.27. The first-order valence-electron chi connectivity index (χ1n) is 10.2. The summed E-state index contributed by atoms with van der Waals surface area (Å²) in [6, 6.07) is 16.3. The number of carbonyl (C=O) groups is 1. The van der Waals surface area contributed by atoms with Gasteiger partial charge in [-0.05, 0) is 49.4 Å². The van der Waals surface area contributed by atoms with Crippen LogP contribution in [0.15, 0.2) is 59.0 Å². The molecule has 170 valence electrons. The number of amides is 1. The Balaban J connectivity index is 1.51. The molecule has 1 aromatic heterocycles. The van der Waals surface area contributed by atoms with Crippen molar-refractivity contribution in [3.8, 4) is 34.5 Å². The van der Waals surface area contributed by atoms with Gasteiger partial charge in [0.2, 0.25) is 11.6 Å². The van der Waals surface area contributed by atoms with E-state index in [0.717, 1.165) is 5.56 Å². The van der Waals surface area contributed by atoms with Gasteiger partial charge in [0.15, 0.2) is 23.7 Å². The van der Waals surface area contributed by atoms with Gasteiger partial charge in [0.05, 0.1) is 21.3 Å². The number of methoxy groups -OCH3 is 3. The van der Waals surface area contributed by atoms with E-state index in [1.807, 2.05) is 31.2 Å². The molecule has 0 atom stereocenters. The number of hydrogen-bond acceptors (Lipinski definition) is 7. The number of ether oxygens (including phenoxy) is 4. The summed E-state index contributed by atoms with van der Waals surface area (Å²) in [6.45, 7) is 1.89. The molecule has 3 aromatic carbocycles. The molecule has 33 heavy (non-hydrogen) atoms. The maximum absolute atomic E-state index is 12.3. The van der Waals surface area contributed by atoms with Crippen LogP contribution in [0.5, 0.6) is 23.0 Å². The lowest BCUT2D eigenvalue weighted by Crippen LogP contribution is -2.20. The number of benzene rings is 3. The highest BCUT2D eigenvalue weighted by molar-refractivity contribution is 5.94. The molecule has 0 saturated heterocycles. The number of aromatic nitrogens is 1. The van der Waals surface area contributed by atoms with E-state index in [9.17, 15) is 4.79 Å². The van der Waals surface area contributed by atoms with Crippen molar-refractivity contribution in [2.45, 2.75) is 6.92 Å². The summed E-state index contributed by atoms with van der Waals surface area (Å²) in [7, 11) is 4.64. The standard InChI is InChI=1S/C25H24N2O6/c1-15-5-8-18(9-6-15)32-14-23(28)26-17-7-10-20-19(13-17)27-25(33-20)16-11-21(29-2)24(31-4)22(12-16)30-3/h5-13H,14H2,1-4H3,(H,26,28). The molecule has 0 aliphatic rings. The van der Waals surface area contributed by atoms with Crippen LogP contribution in [0.4, 0.5) is 5.69 Å². The fourth-order valence-electron chi connectivity index (χ4n) is 3.31. The van der Waals surface area contributed by atoms with E-state index in [1.165, 1.54) is 0 Å². The number of carbonyl (C=O) groups excluding carboxylic acids is 1. The highest BCUT2D eigenvalue weighted by Crippen LogP contribution is 2.41. The molecule has 0 saturated carbocycles. The second kappa shape index (κ2) is 9.52. The number of fused-ring (bicyclic) bond motifs is 1. The molecule has 0 fully saturated rings. The van der Waals surface area contributed by atoms with Gasteiger partial charge in [0.25, 0.3) is 5.91 Å². The van der Waals surface area contributed by atoms with Gasteiger partial charge >= 0.3 is 0 Å². The summed E-state index contributed by atoms with van der Waals surface area (Å²) < 4.78 is 27.6. The van der Waals surface area contributed by atoms with Crippen LogP contribution in [0.25, 0.3) is 22.6 Å². The third kappa shape index (κ3) is 4.85. The first-order chi connectivity index (χ1) is 16.0. The highest BCUT2D eigenvalue weighted by Gasteiger charge is 2.17. The summed E-state index contributed by atoms with van der Waals surface area (Å²) in [5.74, 6) is 2.22. The molecule has 4 aromatic rings. The number of hydrogen-bond donors (Lipinski definition) is 1. The average molecular weight is 448 g/mol. The van der Waals surface area contributed by atoms with Crippen LogP contribution in [0.3, 0.4) is 0 Å². The Morgan fingerprint density at radius 3 is 2.27 bits per heavy atom. The van der Waals surface area contributed by atoms with Crippen molar-refractivity contribution in [3.63, 3.8) is 0 Å². The molecule has 0 bridgehead atoms. The first-order valence-corrected chi connectivity index (χ1v) is 10.2. The minimum atomic E-state index is -0.275. The maximum atomic E-state index is 12.3. The molecule has 1 amide bonds. The molecular formula is C25H24N2O6. The summed E-state index contributed by atoms with van der Waals surface area (Å²) in [6.07, 6.45) is 0. The van der Waals surface area contributed by atoms with Gasteiger partial charge < -0.3 is 28.7 Å². The van der Waals surface area contributed by atoms with Crippen molar-refractivity contribution in [2.24, 2.45) is 0 Å². The van der Waals surface area contributed by atoms with Crippen LogP contribution in [-0.4, -0.2) is 38.8 Å². The topological polar surface area (TPSA) is 92.1 Å². The summed E-state index contributed by atoms with van der Waals surface area (Å²) in [4.78, 5) is 16.9. The van der Waals surface area contributed by atoms with E-state index in [4.69, 9.17) is 23.4 Å². The lowest BCUT2D eigenvalue weighted by atomic mass is 10.2. The van der Waals surface area contributed by atoms with Crippen molar-refractivity contribution < 1.29 is 28.2 Å². The molecule has 1 N–H and O–H groups in total. The Morgan fingerprint density at radius 2 is 1.64 bits per heavy atom. The van der Waals surface area contributed by atoms with Crippen molar-refractivity contribution in [1.82, 2.24) is 4.98 Å². The number of oxazole rings is 1. The van der Waals surface area contributed by atoms with E-state index >= 15 is 0 Å². The predicted molar refractivity (Wildman–Crippen MR) is 124 cm³/mol. The minimum Gasteiger partial charge on any atom is -0.493 e. The molecule has 0 spiro atoms. The van der Waals surface area contributed by atoms with Gasteiger partial charge in [-0.1, -0.05) is 17.7 Å². The van der Waals surface area contributed by atoms with Crippen molar-refractivity contribution in [2.75, 3.05) is 33.3 Å². The Morgan fingerprint density at radius 1 is 0.939 bits per heavy atom. The van der Waals surface area contributed by atoms with Crippen LogP contribution in [0.1, 0.15) is 5.56 Å². The van der Waals surface area contributed by atoms with Gasteiger partial charge in [-0.15, -0.1) is 0 Å². The molecule has 0 aliphatic heterocycles. The Bertz CT molecular complexity index is 1260. The lowest BCUT2D eigenvalue weighted by Gasteiger charge is -2.12. The van der Waals surface area contributed by atoms with Crippen LogP contribution in [0, 0.1) is 6.92 Å². The predicted octanol–water partition coefficient (Wildman–Crippen LogP) is 4.85. The molecule has 4 rings (SSSR count). The number of nitrogens with one attached hydrogen (secondary N) is 1. The zero-order valence-electron chi connectivity index (χ0n) is 18.8. The molecule has 0 aliphatic carbocycles. The van der Waals surface area contributed by atoms with Crippen molar-refractivity contribution in [1.29, 1.82) is 0 Å². The minimum absolute atomic E-state index is 0.101. The monoisotopic (exact) mass is 448 g/mol. The first kappa shape index (κ1) is 22.0. The third-order valence-electron chi connectivity index (χ3n) is 4.97. The van der Waals surface area contributed by atoms with Crippen LogP contribution < -0.4 is 24.3 Å². The van der Waals surface area contributed by atoms with Crippen molar-refractivity contribution in [3.05, 3.63) is 60.2 Å². The Kier molecular flexibility index (Phi) is 6.35. The summed E-state index contributed by atoms with van der Waals surface area (Å²) in [5.41, 5.74) is 3.55. The lowest BCUT2D eigenvalue weighted by molar-refractivity contribution is -0.118. The molecule has 8 nitrogen and oxygen atoms in total. The number of rotatable bonds is 8. The fourth-order valence-corrected chi connectivity index (χ4v) is 3.31. The number of anilines is 1. The van der Waals surface area contributed by atoms with Crippen LogP contribution in [-0.2, 0) is 4.79 Å². The van der Waals surface area contributed by atoms with Gasteiger partial charge in [-0.2, -0.15) is 0 Å². The third-order valence-corrected chi connectivity index (χ3v) is 4.97. The second-order valence-corrected chi connectivity index (χ2v) is 7.27. The fraction of sp³-hybridized carbons (Fsp3) is 0.200. The molecular weight excluding hydrogens is 424 g/mol. The zero-order valence-corrected chi connectivity index (χ0v) is 18.8. The zero-order chi connectivity index (χ0) is 23.4. The average Bonchev–Trinajstić information content (AvgIpc) is 3.26. The van der Waals surface area contributed by atoms with E-state index in [-0.39, 0.29) is 12.5 Å². The number of aryl methyl sites for hydroxylation is 1. The van der Waals surface area contributed by atoms with Gasteiger partial charge in [0, 0.05) is 11.3 Å². The Labute approximate surface area is 191 Å². The van der Waals surface area contributed by atoms with Gasteiger partial charge in [-0.3, -0.25) is 4.79 Å². The SMILES string of the molecule is COc1cc(-c2nc3cc(NC(=O)COc4ccc(C)cc4)ccc3o2)cc(OC)c1OC. The summed E-state index contributed by atoms with van der Waals surface area (Å²) >= 11 is 0. The summed E-state index contributed by atoms with van der Waals surface area (Å²) in [5, 5.41) is 2.81. The van der Waals surface area contributed by atoms with E-state index in [2.05, 4.69) is 10.3 Å². The van der Waals surface area contributed by atoms with Gasteiger partial charge in [-0.25, -0.2) is 4.98 Å². The molecule has 8 heteroatoms. The van der Waals surface area contributed by atoms with Gasteiger partial charge in [0.1, 0.15) is 11.3 Å². The molecule has 1 heterocycles. The smallest absolute Gasteiger partial charge is 0.262 e. The highest BCUT2D eigenvalue weighted by atomic mass is 16.5. The van der Waals surface area contributed by atoms with E-state index in [1.54, 1.807) is 51.7 Å². The largest absolute Gasteiger partial charge is 0.493 e. The van der Waals surface area contributed by atoms with E-state index in [0.29, 0.717) is 51.2 Å². The Hall–Kier alpha value is -4.20. The maximum Gasteiger partial charge on any atom is 0.262 e. The van der Waals surface area contributed by atoms with E-state index < -0.39 is 0 Å². The van der Waals surface area contributed by atoms with Crippen LogP contribution in [0.2, 0.25) is 0 Å². The molecule has 0 radical (unpaired) electrons. The van der Waals surface area contributed by atoms with Crippen molar-refractivity contribution >= 4 is 22.7 Å². The quantitative estimate of drug-likeness (QED) is 0.412. The molecule has 0 unspecified atom stereocenters.